The molecule has 0 heterocycles. The summed E-state index contributed by atoms with van der Waals surface area (Å²) in [6.07, 6.45) is 5.62. The molecule has 8 nitrogen and oxygen atoms in total. The molecule has 0 radical (unpaired) electrons. The summed E-state index contributed by atoms with van der Waals surface area (Å²) in [5.74, 6) is -0.439. The Bertz CT molecular complexity index is 712. The van der Waals surface area contributed by atoms with E-state index in [0.29, 0.717) is 0 Å². The van der Waals surface area contributed by atoms with Gasteiger partial charge in [-0.3, -0.25) is 9.35 Å². The van der Waals surface area contributed by atoms with Crippen molar-refractivity contribution in [2.75, 3.05) is 0 Å². The molecule has 0 saturated heterocycles. The first-order valence-corrected chi connectivity index (χ1v) is 10.8. The number of esters is 1. The Labute approximate surface area is 165 Å². The van der Waals surface area contributed by atoms with Crippen LogP contribution in [-0.4, -0.2) is 31.4 Å². The lowest BCUT2D eigenvalue weighted by atomic mass is 10.1. The van der Waals surface area contributed by atoms with Gasteiger partial charge in [-0.2, -0.15) is 8.42 Å². The Balaban J connectivity index is 2.26. The highest BCUT2D eigenvalue weighted by Crippen LogP contribution is 2.16. The maximum absolute atomic E-state index is 11.7. The monoisotopic (exact) mass is 416 g/mol. The van der Waals surface area contributed by atoms with Crippen molar-refractivity contribution in [2.45, 2.75) is 76.4 Å². The maximum Gasteiger partial charge on any atom is 0.516 e. The van der Waals surface area contributed by atoms with Gasteiger partial charge >= 0.3 is 12.1 Å². The van der Waals surface area contributed by atoms with Gasteiger partial charge < -0.3 is 14.2 Å². The van der Waals surface area contributed by atoms with E-state index < -0.39 is 28.5 Å². The van der Waals surface area contributed by atoms with E-state index in [1.165, 1.54) is 44.7 Å². The van der Waals surface area contributed by atoms with E-state index in [1.807, 2.05) is 0 Å². The predicted molar refractivity (Wildman–Crippen MR) is 102 cm³/mol. The third-order valence-electron chi connectivity index (χ3n) is 3.87. The lowest BCUT2D eigenvalue weighted by Gasteiger charge is -2.14. The third kappa shape index (κ3) is 10.3. The number of hydrogen-bond acceptors (Lipinski definition) is 7. The molecule has 0 aliphatic carbocycles. The first-order valence-electron chi connectivity index (χ1n) is 9.38. The second kappa shape index (κ2) is 12.4. The molecule has 0 fully saturated rings. The van der Waals surface area contributed by atoms with Crippen LogP contribution in [0, 0.1) is 0 Å². The van der Waals surface area contributed by atoms with E-state index in [4.69, 9.17) is 18.8 Å². The number of benzene rings is 1. The van der Waals surface area contributed by atoms with E-state index in [0.717, 1.165) is 31.4 Å². The predicted octanol–water partition coefficient (Wildman–Crippen LogP) is 4.48. The molecule has 0 spiro atoms. The molecule has 158 valence electrons. The first-order chi connectivity index (χ1) is 13.2. The topological polar surface area (TPSA) is 116 Å². The van der Waals surface area contributed by atoms with Crippen LogP contribution in [0.2, 0.25) is 0 Å². The van der Waals surface area contributed by atoms with E-state index in [-0.39, 0.29) is 17.1 Å². The summed E-state index contributed by atoms with van der Waals surface area (Å²) in [5, 5.41) is 0. The molecule has 28 heavy (non-hydrogen) atoms. The largest absolute Gasteiger partial charge is 0.516 e. The Hall–Kier alpha value is -2.13. The quantitative estimate of drug-likeness (QED) is 0.174. The number of carbonyl (C=O) groups excluding carboxylic acids is 2. The summed E-state index contributed by atoms with van der Waals surface area (Å²) >= 11 is 0. The number of carbonyl (C=O) groups is 2. The molecule has 1 rings (SSSR count). The van der Waals surface area contributed by atoms with E-state index in [2.05, 4.69) is 6.92 Å². The minimum Gasteiger partial charge on any atom is -0.425 e. The van der Waals surface area contributed by atoms with Gasteiger partial charge in [0.15, 0.2) is 0 Å². The molecule has 9 heteroatoms. The fourth-order valence-corrected chi connectivity index (χ4v) is 2.91. The van der Waals surface area contributed by atoms with Crippen molar-refractivity contribution in [2.24, 2.45) is 0 Å². The number of unbranched alkanes of at least 4 members (excludes halogenated alkanes) is 6. The lowest BCUT2D eigenvalue weighted by Crippen LogP contribution is -2.23. The molecule has 1 atom stereocenters. The lowest BCUT2D eigenvalue weighted by molar-refractivity contribution is -0.166. The van der Waals surface area contributed by atoms with Gasteiger partial charge in [0.1, 0.15) is 5.75 Å². The summed E-state index contributed by atoms with van der Waals surface area (Å²) < 4.78 is 45.4. The van der Waals surface area contributed by atoms with Crippen molar-refractivity contribution in [3.63, 3.8) is 0 Å². The molecule has 0 amide bonds. The van der Waals surface area contributed by atoms with Crippen LogP contribution < -0.4 is 4.74 Å². The first kappa shape index (κ1) is 23.9. The van der Waals surface area contributed by atoms with Crippen molar-refractivity contribution >= 4 is 22.2 Å². The van der Waals surface area contributed by atoms with Crippen LogP contribution in [0.25, 0.3) is 0 Å². The van der Waals surface area contributed by atoms with E-state index in [1.54, 1.807) is 0 Å². The van der Waals surface area contributed by atoms with Crippen molar-refractivity contribution in [1.29, 1.82) is 0 Å². The summed E-state index contributed by atoms with van der Waals surface area (Å²) in [5.41, 5.74) is 0. The second-order valence-electron chi connectivity index (χ2n) is 6.35. The summed E-state index contributed by atoms with van der Waals surface area (Å²) in [6, 6.07) is 4.51. The van der Waals surface area contributed by atoms with Gasteiger partial charge in [-0.15, -0.1) is 0 Å². The normalized spacial score (nSPS) is 12.2. The van der Waals surface area contributed by atoms with Gasteiger partial charge in [0.05, 0.1) is 4.90 Å². The van der Waals surface area contributed by atoms with Gasteiger partial charge in [0.2, 0.25) is 6.29 Å². The van der Waals surface area contributed by atoms with Gasteiger partial charge in [-0.05, 0) is 30.7 Å². The minimum absolute atomic E-state index is 0.0130. The zero-order valence-electron chi connectivity index (χ0n) is 16.3. The minimum atomic E-state index is -4.33. The standard InChI is InChI=1S/C19H28O8S/c1-3-4-5-6-7-8-9-10-18(20)25-15(2)26-19(21)27-16-11-13-17(14-12-16)28(22,23)24/h11-15H,3-10H2,1-2H3,(H,22,23,24). The SMILES string of the molecule is CCCCCCCCCC(=O)OC(C)OC(=O)Oc1ccc(S(=O)(=O)O)cc1. The van der Waals surface area contributed by atoms with Crippen LogP contribution >= 0.6 is 0 Å². The summed E-state index contributed by atoms with van der Waals surface area (Å²) in [6.45, 7) is 3.56. The smallest absolute Gasteiger partial charge is 0.425 e. The molecule has 1 unspecified atom stereocenters. The number of hydrogen-bond donors (Lipinski definition) is 1. The average molecular weight is 416 g/mol. The number of ether oxygens (including phenoxy) is 3. The Morgan fingerprint density at radius 1 is 0.964 bits per heavy atom. The van der Waals surface area contributed by atoms with Crippen LogP contribution in [0.3, 0.4) is 0 Å². The molecule has 1 aromatic rings. The molecule has 0 bridgehead atoms. The van der Waals surface area contributed by atoms with E-state index in [9.17, 15) is 18.0 Å². The summed E-state index contributed by atoms with van der Waals surface area (Å²) in [7, 11) is -4.33. The fraction of sp³-hybridized carbons (Fsp3) is 0.579. The maximum atomic E-state index is 11.7. The van der Waals surface area contributed by atoms with Crippen LogP contribution in [0.15, 0.2) is 29.2 Å². The summed E-state index contributed by atoms with van der Waals surface area (Å²) in [4.78, 5) is 23.1. The van der Waals surface area contributed by atoms with Gasteiger partial charge in [-0.1, -0.05) is 45.4 Å². The van der Waals surface area contributed by atoms with Crippen molar-refractivity contribution in [3.05, 3.63) is 24.3 Å². The van der Waals surface area contributed by atoms with Crippen LogP contribution in [0.4, 0.5) is 4.79 Å². The molecule has 1 N–H and O–H groups in total. The average Bonchev–Trinajstić information content (AvgIpc) is 2.60. The Kier molecular flexibility index (Phi) is 10.5. The van der Waals surface area contributed by atoms with Gasteiger partial charge in [0, 0.05) is 13.3 Å². The molecule has 0 saturated carbocycles. The van der Waals surface area contributed by atoms with Crippen LogP contribution in [0.5, 0.6) is 5.75 Å². The van der Waals surface area contributed by atoms with Crippen molar-refractivity contribution in [3.8, 4) is 5.75 Å². The van der Waals surface area contributed by atoms with E-state index >= 15 is 0 Å². The molecule has 1 aromatic carbocycles. The highest BCUT2D eigenvalue weighted by atomic mass is 32.2. The van der Waals surface area contributed by atoms with Crippen LogP contribution in [-0.2, 0) is 24.4 Å². The molecular formula is C19H28O8S. The highest BCUT2D eigenvalue weighted by Gasteiger charge is 2.16. The zero-order chi connectivity index (χ0) is 21.0. The molecular weight excluding hydrogens is 388 g/mol. The molecule has 0 aromatic heterocycles. The highest BCUT2D eigenvalue weighted by molar-refractivity contribution is 7.85. The fourth-order valence-electron chi connectivity index (χ4n) is 2.43. The molecule has 0 aliphatic rings. The van der Waals surface area contributed by atoms with Crippen molar-refractivity contribution < 1.29 is 36.8 Å². The Morgan fingerprint density at radius 2 is 1.54 bits per heavy atom. The van der Waals surface area contributed by atoms with Crippen molar-refractivity contribution in [1.82, 2.24) is 0 Å². The van der Waals surface area contributed by atoms with Gasteiger partial charge in [-0.25, -0.2) is 4.79 Å². The second-order valence-corrected chi connectivity index (χ2v) is 7.77. The van der Waals surface area contributed by atoms with Gasteiger partial charge in [0.25, 0.3) is 10.1 Å². The zero-order valence-corrected chi connectivity index (χ0v) is 17.1. The third-order valence-corrected chi connectivity index (χ3v) is 4.73. The van der Waals surface area contributed by atoms with Crippen LogP contribution in [0.1, 0.15) is 65.2 Å². The molecule has 0 aliphatic heterocycles. The number of rotatable bonds is 12. The Morgan fingerprint density at radius 3 is 2.11 bits per heavy atom.